The summed E-state index contributed by atoms with van der Waals surface area (Å²) in [5.41, 5.74) is 4.86. The van der Waals surface area contributed by atoms with Gasteiger partial charge in [0.05, 0.1) is 0 Å². The molecule has 2 rings (SSSR count). The van der Waals surface area contributed by atoms with E-state index in [1.807, 2.05) is 19.1 Å². The van der Waals surface area contributed by atoms with E-state index < -0.39 is 0 Å². The molecule has 110 valence electrons. The van der Waals surface area contributed by atoms with Gasteiger partial charge in [-0.15, -0.1) is 0 Å². The van der Waals surface area contributed by atoms with Gasteiger partial charge in [0.25, 0.3) is 0 Å². The molecule has 0 saturated heterocycles. The molecule has 0 aromatic heterocycles. The van der Waals surface area contributed by atoms with Gasteiger partial charge in [-0.25, -0.2) is 4.39 Å². The highest BCUT2D eigenvalue weighted by molar-refractivity contribution is 5.76. The topological polar surface area (TPSA) is 17.1 Å². The summed E-state index contributed by atoms with van der Waals surface area (Å²) in [6.45, 7) is 7.49. The zero-order valence-corrected chi connectivity index (χ0v) is 13.0. The second kappa shape index (κ2) is 6.21. The van der Waals surface area contributed by atoms with E-state index in [2.05, 4.69) is 19.1 Å². The molecule has 0 saturated carbocycles. The molecule has 0 aliphatic heterocycles. The Kier molecular flexibility index (Phi) is 4.56. The first-order valence-corrected chi connectivity index (χ1v) is 7.25. The molecule has 0 bridgehead atoms. The molecule has 2 heteroatoms. The zero-order chi connectivity index (χ0) is 15.6. The summed E-state index contributed by atoms with van der Waals surface area (Å²) in [5, 5.41) is 0. The van der Waals surface area contributed by atoms with E-state index in [4.69, 9.17) is 0 Å². The van der Waals surface area contributed by atoms with E-state index in [-0.39, 0.29) is 17.5 Å². The number of ketones is 1. The van der Waals surface area contributed by atoms with Crippen LogP contribution in [0.3, 0.4) is 0 Å². The minimum absolute atomic E-state index is 0.181. The summed E-state index contributed by atoms with van der Waals surface area (Å²) in [6, 6.07) is 11.4. The van der Waals surface area contributed by atoms with Gasteiger partial charge in [0.2, 0.25) is 0 Å². The first-order chi connectivity index (χ1) is 9.88. The molecule has 0 aliphatic rings. The van der Waals surface area contributed by atoms with Gasteiger partial charge in [0.15, 0.2) is 0 Å². The Labute approximate surface area is 125 Å². The summed E-state index contributed by atoms with van der Waals surface area (Å²) >= 11 is 0. The third-order valence-corrected chi connectivity index (χ3v) is 3.90. The number of hydrogen-bond donors (Lipinski definition) is 0. The molecule has 0 radical (unpaired) electrons. The fraction of sp³-hybridized carbons (Fsp3) is 0.316. The Morgan fingerprint density at radius 2 is 1.67 bits per heavy atom. The molecule has 0 N–H and O–H groups in total. The largest absolute Gasteiger partial charge is 0.300 e. The Morgan fingerprint density at radius 1 is 1.05 bits per heavy atom. The van der Waals surface area contributed by atoms with Crippen molar-refractivity contribution in [2.45, 2.75) is 40.0 Å². The maximum Gasteiger partial charge on any atom is 0.130 e. The van der Waals surface area contributed by atoms with Crippen LogP contribution in [0.4, 0.5) is 4.39 Å². The van der Waals surface area contributed by atoms with Crippen molar-refractivity contribution >= 4 is 5.78 Å². The summed E-state index contributed by atoms with van der Waals surface area (Å²) in [7, 11) is 0. The second-order valence-corrected chi connectivity index (χ2v) is 5.84. The molecular weight excluding hydrogens is 263 g/mol. The van der Waals surface area contributed by atoms with Crippen molar-refractivity contribution in [1.29, 1.82) is 0 Å². The third-order valence-electron chi connectivity index (χ3n) is 3.90. The Bertz CT molecular complexity index is 673. The van der Waals surface area contributed by atoms with Crippen LogP contribution in [0.15, 0.2) is 36.4 Å². The number of rotatable bonds is 4. The monoisotopic (exact) mass is 284 g/mol. The Hall–Kier alpha value is -1.96. The van der Waals surface area contributed by atoms with Crippen molar-refractivity contribution in [3.63, 3.8) is 0 Å². The first kappa shape index (κ1) is 15.4. The van der Waals surface area contributed by atoms with E-state index in [0.29, 0.717) is 12.0 Å². The van der Waals surface area contributed by atoms with Crippen LogP contribution in [-0.4, -0.2) is 5.78 Å². The van der Waals surface area contributed by atoms with Crippen LogP contribution >= 0.6 is 0 Å². The molecule has 0 spiro atoms. The van der Waals surface area contributed by atoms with Crippen LogP contribution < -0.4 is 0 Å². The quantitative estimate of drug-likeness (QED) is 0.755. The average Bonchev–Trinajstić information content (AvgIpc) is 2.40. The van der Waals surface area contributed by atoms with Crippen molar-refractivity contribution in [3.05, 3.63) is 58.9 Å². The smallest absolute Gasteiger partial charge is 0.130 e. The minimum Gasteiger partial charge on any atom is -0.300 e. The lowest BCUT2D eigenvalue weighted by atomic mass is 9.90. The predicted octanol–water partition coefficient (Wildman–Crippen LogP) is 5.19. The summed E-state index contributed by atoms with van der Waals surface area (Å²) in [4.78, 5) is 11.3. The van der Waals surface area contributed by atoms with Crippen molar-refractivity contribution in [1.82, 2.24) is 0 Å². The number of Topliss-reactive ketones (excluding diaryl/α,β-unsaturated/α-hetero) is 1. The van der Waals surface area contributed by atoms with Crippen LogP contribution in [0.2, 0.25) is 0 Å². The molecule has 21 heavy (non-hydrogen) atoms. The second-order valence-electron chi connectivity index (χ2n) is 5.84. The van der Waals surface area contributed by atoms with Crippen molar-refractivity contribution in [2.75, 3.05) is 0 Å². The maximum absolute atomic E-state index is 13.7. The lowest BCUT2D eigenvalue weighted by Crippen LogP contribution is -2.02. The van der Waals surface area contributed by atoms with Crippen molar-refractivity contribution in [3.8, 4) is 11.1 Å². The fourth-order valence-electron chi connectivity index (χ4n) is 2.72. The van der Waals surface area contributed by atoms with Crippen molar-refractivity contribution < 1.29 is 9.18 Å². The van der Waals surface area contributed by atoms with Gasteiger partial charge in [-0.05, 0) is 60.6 Å². The van der Waals surface area contributed by atoms with Gasteiger partial charge in [0, 0.05) is 6.42 Å². The van der Waals surface area contributed by atoms with Crippen LogP contribution in [0, 0.1) is 19.7 Å². The van der Waals surface area contributed by atoms with Gasteiger partial charge >= 0.3 is 0 Å². The first-order valence-electron chi connectivity index (χ1n) is 7.25. The fourth-order valence-corrected chi connectivity index (χ4v) is 2.72. The van der Waals surface area contributed by atoms with E-state index in [9.17, 15) is 9.18 Å². The van der Waals surface area contributed by atoms with Crippen molar-refractivity contribution in [2.24, 2.45) is 0 Å². The highest BCUT2D eigenvalue weighted by Gasteiger charge is 2.12. The SMILES string of the molecule is CC(=O)CC(C)c1ccc(-c2ccc(C)c(F)c2)cc1C. The Morgan fingerprint density at radius 3 is 2.24 bits per heavy atom. The van der Waals surface area contributed by atoms with Crippen LogP contribution in [0.5, 0.6) is 0 Å². The van der Waals surface area contributed by atoms with E-state index in [1.54, 1.807) is 26.0 Å². The highest BCUT2D eigenvalue weighted by atomic mass is 19.1. The molecule has 1 nitrogen and oxygen atoms in total. The van der Waals surface area contributed by atoms with Gasteiger partial charge in [0.1, 0.15) is 11.6 Å². The molecule has 0 fully saturated rings. The number of carbonyl (C=O) groups is 1. The average molecular weight is 284 g/mol. The predicted molar refractivity (Wildman–Crippen MR) is 85.0 cm³/mol. The Balaban J connectivity index is 2.34. The molecule has 2 aromatic rings. The van der Waals surface area contributed by atoms with Gasteiger partial charge < -0.3 is 4.79 Å². The normalized spacial score (nSPS) is 12.2. The van der Waals surface area contributed by atoms with E-state index in [0.717, 1.165) is 16.7 Å². The van der Waals surface area contributed by atoms with Crippen LogP contribution in [0.25, 0.3) is 11.1 Å². The van der Waals surface area contributed by atoms with E-state index >= 15 is 0 Å². The summed E-state index contributed by atoms with van der Waals surface area (Å²) in [6.07, 6.45) is 0.555. The zero-order valence-electron chi connectivity index (χ0n) is 13.0. The standard InChI is InChI=1S/C19H21FO/c1-12-5-6-17(11-19(12)20)16-7-8-18(14(3)10-16)13(2)9-15(4)21/h5-8,10-11,13H,9H2,1-4H3. The number of carbonyl (C=O) groups excluding carboxylic acids is 1. The summed E-state index contributed by atoms with van der Waals surface area (Å²) < 4.78 is 13.7. The number of benzene rings is 2. The molecule has 0 aliphatic carbocycles. The third kappa shape index (κ3) is 3.57. The van der Waals surface area contributed by atoms with Gasteiger partial charge in [-0.3, -0.25) is 0 Å². The number of aryl methyl sites for hydroxylation is 2. The highest BCUT2D eigenvalue weighted by Crippen LogP contribution is 2.28. The molecule has 1 unspecified atom stereocenters. The van der Waals surface area contributed by atoms with Gasteiger partial charge in [-0.1, -0.05) is 37.3 Å². The number of hydrogen-bond acceptors (Lipinski definition) is 1. The van der Waals surface area contributed by atoms with Crippen LogP contribution in [-0.2, 0) is 4.79 Å². The summed E-state index contributed by atoms with van der Waals surface area (Å²) in [5.74, 6) is 0.233. The molecule has 0 amide bonds. The molecule has 1 atom stereocenters. The number of halogens is 1. The van der Waals surface area contributed by atoms with E-state index in [1.165, 1.54) is 5.56 Å². The molecule has 2 aromatic carbocycles. The molecular formula is C19H21FO. The lowest BCUT2D eigenvalue weighted by Gasteiger charge is -2.15. The van der Waals surface area contributed by atoms with Gasteiger partial charge in [-0.2, -0.15) is 0 Å². The van der Waals surface area contributed by atoms with Crippen LogP contribution in [0.1, 0.15) is 42.9 Å². The lowest BCUT2D eigenvalue weighted by molar-refractivity contribution is -0.117. The maximum atomic E-state index is 13.7. The molecule has 0 heterocycles. The minimum atomic E-state index is -0.181.